The Labute approximate surface area is 194 Å². The van der Waals surface area contributed by atoms with Crippen LogP contribution in [0.4, 0.5) is 0 Å². The van der Waals surface area contributed by atoms with Crippen LogP contribution in [-0.4, -0.2) is 17.6 Å². The summed E-state index contributed by atoms with van der Waals surface area (Å²) in [6.07, 6.45) is 5.30. The third kappa shape index (κ3) is 5.29. The van der Waals surface area contributed by atoms with Crippen LogP contribution in [0.5, 0.6) is 11.5 Å². The van der Waals surface area contributed by atoms with Crippen LogP contribution in [0.3, 0.4) is 0 Å². The first-order valence-electron chi connectivity index (χ1n) is 10.2. The smallest absolute Gasteiger partial charge is 0.310 e. The first-order valence-corrected chi connectivity index (χ1v) is 11.0. The fourth-order valence-corrected chi connectivity index (χ4v) is 3.73. The first-order chi connectivity index (χ1) is 15.6. The molecule has 7 heteroatoms. The summed E-state index contributed by atoms with van der Waals surface area (Å²) in [5, 5.41) is 0.895. The lowest BCUT2D eigenvalue weighted by molar-refractivity contribution is -0.142. The van der Waals surface area contributed by atoms with Crippen molar-refractivity contribution in [1.82, 2.24) is 4.98 Å². The van der Waals surface area contributed by atoms with E-state index >= 15 is 0 Å². The molecule has 2 aromatic carbocycles. The summed E-state index contributed by atoms with van der Waals surface area (Å²) in [7, 11) is 0. The van der Waals surface area contributed by atoms with Gasteiger partial charge in [-0.05, 0) is 42.8 Å². The van der Waals surface area contributed by atoms with Gasteiger partial charge in [0.25, 0.3) is 0 Å². The highest BCUT2D eigenvalue weighted by atomic mass is 79.9. The molecule has 4 aromatic rings. The van der Waals surface area contributed by atoms with Crippen LogP contribution in [0.15, 0.2) is 76.1 Å². The van der Waals surface area contributed by atoms with E-state index in [4.69, 9.17) is 18.6 Å². The minimum absolute atomic E-state index is 0.161. The van der Waals surface area contributed by atoms with Crippen molar-refractivity contribution in [3.8, 4) is 11.5 Å². The van der Waals surface area contributed by atoms with Gasteiger partial charge in [0.05, 0.1) is 19.3 Å². The number of rotatable bonds is 9. The van der Waals surface area contributed by atoms with Crippen molar-refractivity contribution < 1.29 is 23.4 Å². The maximum absolute atomic E-state index is 11.9. The highest BCUT2D eigenvalue weighted by Gasteiger charge is 2.15. The fourth-order valence-electron chi connectivity index (χ4n) is 3.30. The maximum Gasteiger partial charge on any atom is 0.310 e. The summed E-state index contributed by atoms with van der Waals surface area (Å²) in [6.45, 7) is 2.83. The second-order valence-corrected chi connectivity index (χ2v) is 7.98. The average molecular weight is 496 g/mol. The van der Waals surface area contributed by atoms with Crippen LogP contribution >= 0.6 is 15.9 Å². The number of nitrogens with zero attached hydrogens (tertiary/aromatic N) is 1. The maximum atomic E-state index is 11.9. The highest BCUT2D eigenvalue weighted by molar-refractivity contribution is 9.10. The molecule has 0 saturated heterocycles. The number of fused-ring (bicyclic) bond motifs is 1. The number of furan rings is 1. The van der Waals surface area contributed by atoms with Gasteiger partial charge in [-0.1, -0.05) is 34.1 Å². The van der Waals surface area contributed by atoms with Gasteiger partial charge < -0.3 is 18.6 Å². The van der Waals surface area contributed by atoms with Gasteiger partial charge in [0.15, 0.2) is 11.3 Å². The Bertz CT molecular complexity index is 1210. The summed E-state index contributed by atoms with van der Waals surface area (Å²) in [4.78, 5) is 15.9. The molecule has 0 amide bonds. The molecule has 2 heterocycles. The zero-order valence-corrected chi connectivity index (χ0v) is 19.1. The summed E-state index contributed by atoms with van der Waals surface area (Å²) in [5.74, 6) is 0.997. The second-order valence-electron chi connectivity index (χ2n) is 7.06. The number of esters is 1. The Morgan fingerprint density at radius 1 is 1.00 bits per heavy atom. The minimum Gasteiger partial charge on any atom is -0.488 e. The van der Waals surface area contributed by atoms with Crippen LogP contribution < -0.4 is 9.47 Å². The van der Waals surface area contributed by atoms with Gasteiger partial charge in [-0.15, -0.1) is 0 Å². The molecule has 2 aromatic heterocycles. The Kier molecular flexibility index (Phi) is 7.07. The van der Waals surface area contributed by atoms with Crippen molar-refractivity contribution >= 4 is 32.9 Å². The number of hydrogen-bond acceptors (Lipinski definition) is 6. The molecule has 0 aliphatic heterocycles. The molecule has 0 aliphatic rings. The zero-order valence-electron chi connectivity index (χ0n) is 17.5. The van der Waals surface area contributed by atoms with E-state index in [9.17, 15) is 4.79 Å². The number of carbonyl (C=O) groups is 1. The molecule has 0 saturated carbocycles. The zero-order chi connectivity index (χ0) is 22.3. The second kappa shape index (κ2) is 10.3. The number of halogens is 1. The van der Waals surface area contributed by atoms with Crippen molar-refractivity contribution in [1.29, 1.82) is 0 Å². The molecule has 0 unspecified atom stereocenters. The number of ether oxygens (including phenoxy) is 3. The summed E-state index contributed by atoms with van der Waals surface area (Å²) in [6, 6.07) is 15.1. The molecule has 0 fully saturated rings. The lowest BCUT2D eigenvalue weighted by atomic mass is 10.1. The van der Waals surface area contributed by atoms with E-state index in [2.05, 4.69) is 20.9 Å². The lowest BCUT2D eigenvalue weighted by Gasteiger charge is -2.11. The van der Waals surface area contributed by atoms with Crippen molar-refractivity contribution in [2.24, 2.45) is 0 Å². The Morgan fingerprint density at radius 3 is 2.59 bits per heavy atom. The number of benzene rings is 2. The van der Waals surface area contributed by atoms with E-state index in [-0.39, 0.29) is 19.0 Å². The molecule has 0 aliphatic carbocycles. The SMILES string of the molecule is CCOC(=O)Cc1ccccc1OCc1coc2c(OCc3ccncc3)cc(Br)cc12. The molecule has 0 spiro atoms. The molecule has 0 N–H and O–H groups in total. The molecule has 32 heavy (non-hydrogen) atoms. The molecule has 0 bridgehead atoms. The standard InChI is InChI=1S/C25H22BrNO5/c1-2-29-24(28)11-18-5-3-4-6-22(18)31-15-19-16-32-25-21(19)12-20(26)13-23(25)30-14-17-7-9-27-10-8-17/h3-10,12-13,16H,2,11,14-15H2,1H3. The summed E-state index contributed by atoms with van der Waals surface area (Å²) >= 11 is 3.55. The Morgan fingerprint density at radius 2 is 1.78 bits per heavy atom. The van der Waals surface area contributed by atoms with E-state index in [1.807, 2.05) is 48.5 Å². The van der Waals surface area contributed by atoms with Gasteiger partial charge in [-0.3, -0.25) is 9.78 Å². The van der Waals surface area contributed by atoms with Gasteiger partial charge >= 0.3 is 5.97 Å². The molecule has 0 atom stereocenters. The topological polar surface area (TPSA) is 70.8 Å². The number of para-hydroxylation sites is 1. The Balaban J connectivity index is 1.51. The predicted octanol–water partition coefficient (Wildman–Crippen LogP) is 5.85. The van der Waals surface area contributed by atoms with Crippen molar-refractivity contribution in [3.05, 3.63) is 88.4 Å². The van der Waals surface area contributed by atoms with Gasteiger partial charge in [0.1, 0.15) is 19.0 Å². The normalized spacial score (nSPS) is 10.8. The third-order valence-corrected chi connectivity index (χ3v) is 5.28. The molecule has 4 rings (SSSR count). The number of pyridine rings is 1. The van der Waals surface area contributed by atoms with E-state index in [0.29, 0.717) is 30.3 Å². The van der Waals surface area contributed by atoms with Crippen LogP contribution in [0.25, 0.3) is 11.0 Å². The molecular weight excluding hydrogens is 474 g/mol. The minimum atomic E-state index is -0.280. The largest absolute Gasteiger partial charge is 0.488 e. The monoisotopic (exact) mass is 495 g/mol. The van der Waals surface area contributed by atoms with Crippen LogP contribution in [0, 0.1) is 0 Å². The average Bonchev–Trinajstić information content (AvgIpc) is 3.20. The number of hydrogen-bond donors (Lipinski definition) is 0. The van der Waals surface area contributed by atoms with Gasteiger partial charge in [0, 0.05) is 33.4 Å². The van der Waals surface area contributed by atoms with E-state index in [0.717, 1.165) is 26.5 Å². The summed E-state index contributed by atoms with van der Waals surface area (Å²) in [5.41, 5.74) is 3.32. The molecule has 6 nitrogen and oxygen atoms in total. The van der Waals surface area contributed by atoms with E-state index < -0.39 is 0 Å². The third-order valence-electron chi connectivity index (χ3n) is 4.82. The Hall–Kier alpha value is -3.32. The van der Waals surface area contributed by atoms with E-state index in [1.54, 1.807) is 25.6 Å². The van der Waals surface area contributed by atoms with Crippen LogP contribution in [0.2, 0.25) is 0 Å². The van der Waals surface area contributed by atoms with Crippen LogP contribution in [0.1, 0.15) is 23.6 Å². The lowest BCUT2D eigenvalue weighted by Crippen LogP contribution is -2.09. The van der Waals surface area contributed by atoms with E-state index in [1.165, 1.54) is 0 Å². The molecular formula is C25H22BrNO5. The molecule has 164 valence electrons. The van der Waals surface area contributed by atoms with Crippen molar-refractivity contribution in [2.45, 2.75) is 26.6 Å². The highest BCUT2D eigenvalue weighted by Crippen LogP contribution is 2.35. The van der Waals surface area contributed by atoms with Crippen molar-refractivity contribution in [3.63, 3.8) is 0 Å². The first kappa shape index (κ1) is 21.9. The quantitative estimate of drug-likeness (QED) is 0.271. The summed E-state index contributed by atoms with van der Waals surface area (Å²) < 4.78 is 23.8. The number of carbonyl (C=O) groups excluding carboxylic acids is 1. The van der Waals surface area contributed by atoms with Gasteiger partial charge in [0.2, 0.25) is 0 Å². The van der Waals surface area contributed by atoms with Gasteiger partial charge in [-0.25, -0.2) is 0 Å². The van der Waals surface area contributed by atoms with Gasteiger partial charge in [-0.2, -0.15) is 0 Å². The number of aromatic nitrogens is 1. The van der Waals surface area contributed by atoms with Crippen LogP contribution in [-0.2, 0) is 29.2 Å². The molecule has 0 radical (unpaired) electrons. The predicted molar refractivity (Wildman–Crippen MR) is 124 cm³/mol. The van der Waals surface area contributed by atoms with Crippen molar-refractivity contribution in [2.75, 3.05) is 6.61 Å². The fraction of sp³-hybridized carbons (Fsp3) is 0.200.